The smallest absolute Gasteiger partial charge is 0.150 e. The largest absolute Gasteiger partial charge is 0.591 e. The molecule has 6 heteroatoms. The van der Waals surface area contributed by atoms with E-state index in [0.717, 1.165) is 14.3 Å². The Bertz CT molecular complexity index is 676. The molecule has 1 heterocycles. The molecule has 2 aromatic rings. The number of benzene rings is 1. The first kappa shape index (κ1) is 15.1. The Hall–Kier alpha value is -0.300. The van der Waals surface area contributed by atoms with Gasteiger partial charge in [0.2, 0.25) is 0 Å². The lowest BCUT2D eigenvalue weighted by Crippen LogP contribution is -2.27. The second-order valence-corrected chi connectivity index (χ2v) is 8.70. The quantitative estimate of drug-likeness (QED) is 0.662. The van der Waals surface area contributed by atoms with Crippen molar-refractivity contribution in [3.63, 3.8) is 0 Å². The van der Waals surface area contributed by atoms with E-state index in [9.17, 15) is 4.55 Å². The summed E-state index contributed by atoms with van der Waals surface area (Å²) in [6, 6.07) is 5.53. The van der Waals surface area contributed by atoms with Gasteiger partial charge in [-0.3, -0.25) is 0 Å². The van der Waals surface area contributed by atoms with Crippen molar-refractivity contribution in [2.24, 2.45) is 4.40 Å². The highest BCUT2D eigenvalue weighted by Gasteiger charge is 2.26. The SMILES string of the molecule is CC(C)(C)[S+]([O-])N=c1ccoc2c(Br)cc(Br)cc12. The molecule has 0 saturated carbocycles. The van der Waals surface area contributed by atoms with Crippen molar-refractivity contribution in [2.75, 3.05) is 0 Å². The Kier molecular flexibility index (Phi) is 4.45. The third-order valence-electron chi connectivity index (χ3n) is 2.40. The van der Waals surface area contributed by atoms with Crippen LogP contribution in [0.1, 0.15) is 20.8 Å². The van der Waals surface area contributed by atoms with Crippen molar-refractivity contribution in [3.05, 3.63) is 38.8 Å². The minimum absolute atomic E-state index is 0.386. The average molecular weight is 407 g/mol. The Labute approximate surface area is 131 Å². The van der Waals surface area contributed by atoms with Crippen LogP contribution < -0.4 is 5.36 Å². The maximum Gasteiger partial charge on any atom is 0.150 e. The van der Waals surface area contributed by atoms with Gasteiger partial charge in [0.1, 0.15) is 27.0 Å². The van der Waals surface area contributed by atoms with Gasteiger partial charge in [-0.1, -0.05) is 20.3 Å². The summed E-state index contributed by atoms with van der Waals surface area (Å²) in [4.78, 5) is 0. The monoisotopic (exact) mass is 405 g/mol. The van der Waals surface area contributed by atoms with Gasteiger partial charge in [0.15, 0.2) is 0 Å². The third kappa shape index (κ3) is 3.42. The van der Waals surface area contributed by atoms with Gasteiger partial charge in [-0.2, -0.15) is 0 Å². The van der Waals surface area contributed by atoms with Gasteiger partial charge < -0.3 is 8.97 Å². The number of fused-ring (bicyclic) bond motifs is 1. The Morgan fingerprint density at radius 2 is 1.95 bits per heavy atom. The number of halogens is 2. The van der Waals surface area contributed by atoms with Crippen molar-refractivity contribution in [1.29, 1.82) is 0 Å². The van der Waals surface area contributed by atoms with E-state index in [4.69, 9.17) is 4.42 Å². The van der Waals surface area contributed by atoms with E-state index in [-0.39, 0.29) is 4.75 Å². The van der Waals surface area contributed by atoms with Crippen LogP contribution in [-0.2, 0) is 11.4 Å². The highest BCUT2D eigenvalue weighted by atomic mass is 79.9. The lowest BCUT2D eigenvalue weighted by molar-refractivity contribution is 0.560. The van der Waals surface area contributed by atoms with Crippen molar-refractivity contribution < 1.29 is 8.97 Å². The van der Waals surface area contributed by atoms with Gasteiger partial charge in [0.25, 0.3) is 0 Å². The summed E-state index contributed by atoms with van der Waals surface area (Å²) in [6.45, 7) is 5.69. The van der Waals surface area contributed by atoms with Crippen LogP contribution in [0.3, 0.4) is 0 Å². The first-order chi connectivity index (χ1) is 8.79. The molecule has 0 fully saturated rings. The van der Waals surface area contributed by atoms with Gasteiger partial charge in [0, 0.05) is 15.9 Å². The Morgan fingerprint density at radius 1 is 1.26 bits per heavy atom. The van der Waals surface area contributed by atoms with Crippen molar-refractivity contribution in [3.8, 4) is 0 Å². The molecule has 1 aromatic carbocycles. The fourth-order valence-electron chi connectivity index (χ4n) is 1.43. The normalized spacial score (nSPS) is 14.9. The number of hydrogen-bond acceptors (Lipinski definition) is 3. The molecule has 0 bridgehead atoms. The summed E-state index contributed by atoms with van der Waals surface area (Å²) in [5, 5.41) is 1.48. The number of rotatable bonds is 1. The maximum atomic E-state index is 12.1. The summed E-state index contributed by atoms with van der Waals surface area (Å²) in [5.74, 6) is 0. The number of nitrogens with zero attached hydrogens (tertiary/aromatic N) is 1. The second kappa shape index (κ2) is 5.60. The predicted octanol–water partition coefficient (Wildman–Crippen LogP) is 4.32. The van der Waals surface area contributed by atoms with E-state index in [1.54, 1.807) is 12.3 Å². The summed E-state index contributed by atoms with van der Waals surface area (Å²) < 4.78 is 23.3. The van der Waals surface area contributed by atoms with Crippen LogP contribution in [0.15, 0.2) is 42.2 Å². The molecule has 19 heavy (non-hydrogen) atoms. The van der Waals surface area contributed by atoms with Crippen LogP contribution in [0.5, 0.6) is 0 Å². The van der Waals surface area contributed by atoms with Gasteiger partial charge >= 0.3 is 0 Å². The molecule has 102 valence electrons. The molecular weight excluding hydrogens is 394 g/mol. The maximum absolute atomic E-state index is 12.1. The lowest BCUT2D eigenvalue weighted by atomic mass is 10.2. The van der Waals surface area contributed by atoms with Crippen LogP contribution in [0.4, 0.5) is 0 Å². The lowest BCUT2D eigenvalue weighted by Gasteiger charge is -2.17. The van der Waals surface area contributed by atoms with E-state index in [0.29, 0.717) is 10.9 Å². The molecule has 0 radical (unpaired) electrons. The fraction of sp³-hybridized carbons (Fsp3) is 0.308. The molecule has 0 amide bonds. The van der Waals surface area contributed by atoms with Crippen molar-refractivity contribution in [1.82, 2.24) is 0 Å². The first-order valence-corrected chi connectivity index (χ1v) is 8.31. The van der Waals surface area contributed by atoms with Crippen LogP contribution in [0.2, 0.25) is 0 Å². The molecule has 0 N–H and O–H groups in total. The minimum atomic E-state index is -1.30. The molecule has 1 aromatic heterocycles. The van der Waals surface area contributed by atoms with E-state index < -0.39 is 11.4 Å². The van der Waals surface area contributed by atoms with E-state index >= 15 is 0 Å². The van der Waals surface area contributed by atoms with E-state index in [1.165, 1.54) is 0 Å². The molecule has 0 saturated heterocycles. The molecular formula is C13H13Br2NO2S. The minimum Gasteiger partial charge on any atom is -0.591 e. The van der Waals surface area contributed by atoms with E-state index in [1.807, 2.05) is 32.9 Å². The van der Waals surface area contributed by atoms with Gasteiger partial charge in [-0.15, -0.1) is 0 Å². The molecule has 0 aliphatic carbocycles. The van der Waals surface area contributed by atoms with Crippen LogP contribution in [-0.4, -0.2) is 9.30 Å². The van der Waals surface area contributed by atoms with Crippen molar-refractivity contribution >= 4 is 54.2 Å². The molecule has 2 rings (SSSR count). The summed E-state index contributed by atoms with van der Waals surface area (Å²) in [6.07, 6.45) is 1.56. The van der Waals surface area contributed by atoms with Crippen LogP contribution in [0, 0.1) is 0 Å². The molecule has 0 spiro atoms. The Balaban J connectivity index is 2.71. The average Bonchev–Trinajstić information content (AvgIpc) is 2.28. The van der Waals surface area contributed by atoms with Gasteiger partial charge in [-0.05, 0) is 48.8 Å². The zero-order valence-electron chi connectivity index (χ0n) is 10.7. The summed E-state index contributed by atoms with van der Waals surface area (Å²) in [5.41, 5.74) is 0.690. The predicted molar refractivity (Wildman–Crippen MR) is 85.1 cm³/mol. The highest BCUT2D eigenvalue weighted by molar-refractivity contribution is 9.11. The molecule has 1 unspecified atom stereocenters. The van der Waals surface area contributed by atoms with Gasteiger partial charge in [-0.25, -0.2) is 0 Å². The third-order valence-corrected chi connectivity index (χ3v) is 4.86. The van der Waals surface area contributed by atoms with E-state index in [2.05, 4.69) is 36.3 Å². The van der Waals surface area contributed by atoms with Crippen molar-refractivity contribution in [2.45, 2.75) is 25.5 Å². The summed E-state index contributed by atoms with van der Waals surface area (Å²) in [7, 11) is 0. The molecule has 0 aliphatic heterocycles. The number of hydrogen-bond donors (Lipinski definition) is 0. The Morgan fingerprint density at radius 3 is 2.58 bits per heavy atom. The van der Waals surface area contributed by atoms with Gasteiger partial charge in [0.05, 0.1) is 10.7 Å². The zero-order chi connectivity index (χ0) is 14.2. The van der Waals surface area contributed by atoms with Crippen LogP contribution >= 0.6 is 31.9 Å². The topological polar surface area (TPSA) is 48.6 Å². The molecule has 0 aliphatic rings. The molecule has 1 atom stereocenters. The fourth-order valence-corrected chi connectivity index (χ4v) is 3.36. The zero-order valence-corrected chi connectivity index (χ0v) is 14.7. The first-order valence-electron chi connectivity index (χ1n) is 5.62. The summed E-state index contributed by atoms with van der Waals surface area (Å²) >= 11 is 5.58. The standard InChI is InChI=1S/C13H13Br2NO2S/c1-13(2,3)19(17)16-11-4-5-18-12-9(11)6-8(14)7-10(12)15/h4-7H,1-3H3. The molecule has 3 nitrogen and oxygen atoms in total. The highest BCUT2D eigenvalue weighted by Crippen LogP contribution is 2.26. The van der Waals surface area contributed by atoms with Crippen LogP contribution in [0.25, 0.3) is 11.0 Å². The second-order valence-electron chi connectivity index (χ2n) is 5.02.